The van der Waals surface area contributed by atoms with Gasteiger partial charge in [-0.15, -0.1) is 0 Å². The van der Waals surface area contributed by atoms with E-state index in [1.54, 1.807) is 49.7 Å². The topological polar surface area (TPSA) is 207 Å². The molecular formula is C40H47N6O10S-. The summed E-state index contributed by atoms with van der Waals surface area (Å²) in [6, 6.07) is 21.0. The summed E-state index contributed by atoms with van der Waals surface area (Å²) in [6.07, 6.45) is 1.57. The lowest BCUT2D eigenvalue weighted by molar-refractivity contribution is 0.0247. The number of urea groups is 1. The van der Waals surface area contributed by atoms with Crippen molar-refractivity contribution in [3.05, 3.63) is 90.1 Å². The molecule has 0 saturated heterocycles. The summed E-state index contributed by atoms with van der Waals surface area (Å²) in [4.78, 5) is 22.4. The Morgan fingerprint density at radius 1 is 0.842 bits per heavy atom. The highest BCUT2D eigenvalue weighted by Gasteiger charge is 2.21. The van der Waals surface area contributed by atoms with Crippen LogP contribution in [0, 0.1) is 0 Å². The van der Waals surface area contributed by atoms with Gasteiger partial charge in [-0.2, -0.15) is 4.98 Å². The number of rotatable bonds is 20. The molecule has 0 aliphatic heterocycles. The molecule has 5 rings (SSSR count). The number of aliphatic hydroxyl groups excluding tert-OH is 1. The molecule has 0 aliphatic carbocycles. The quantitative estimate of drug-likeness (QED) is 0.0426. The normalized spacial score (nSPS) is 11.8. The van der Waals surface area contributed by atoms with Gasteiger partial charge in [-0.25, -0.2) is 14.5 Å². The highest BCUT2D eigenvalue weighted by molar-refractivity contribution is 7.77. The average Bonchev–Trinajstić information content (AvgIpc) is 3.18. The van der Waals surface area contributed by atoms with Gasteiger partial charge in [0.05, 0.1) is 58.6 Å². The van der Waals surface area contributed by atoms with Crippen LogP contribution >= 0.6 is 0 Å². The van der Waals surface area contributed by atoms with Crippen molar-refractivity contribution in [2.75, 3.05) is 69.8 Å². The van der Waals surface area contributed by atoms with Gasteiger partial charge >= 0.3 is 6.03 Å². The van der Waals surface area contributed by atoms with Crippen LogP contribution in [0.4, 0.5) is 27.8 Å². The van der Waals surface area contributed by atoms with Gasteiger partial charge in [0.25, 0.3) is 0 Å². The lowest BCUT2D eigenvalue weighted by Gasteiger charge is -2.24. The Hall–Kier alpha value is -5.56. The van der Waals surface area contributed by atoms with E-state index in [-0.39, 0.29) is 37.0 Å². The van der Waals surface area contributed by atoms with Crippen LogP contribution in [0.15, 0.2) is 79.0 Å². The standard InChI is InChI=1S/C40H48N6O10S/c1-40(2,3)27-20-26(25-42-57(49)50)37(52-5)34(21-27)45-39(48)44-33-10-11-35(32-9-7-6-8-31(32)33)56-36-12-13-41-38(46-36)43-28-22-29(51-4)24-30(23-28)55-19-18-54-17-16-53-15-14-47/h6-13,20-24,42,47H,14-19,25H2,1-5H3,(H,49,50)(H,41,43,46)(H2,44,45,48)/p-1. The SMILES string of the molecule is COc1cc(Nc2nccc(Oc3ccc(NC(=O)Nc4cc(C(C)(C)C)cc(CNS(=O)[O-])c4OC)c4ccccc34)n2)cc(OCCOCCOCCO)c1. The lowest BCUT2D eigenvalue weighted by Crippen LogP contribution is -2.22. The second-order valence-electron chi connectivity index (χ2n) is 13.4. The third-order valence-corrected chi connectivity index (χ3v) is 8.70. The van der Waals surface area contributed by atoms with Crippen LogP contribution in [0.5, 0.6) is 28.9 Å². The Balaban J connectivity index is 1.28. The highest BCUT2D eigenvalue weighted by Crippen LogP contribution is 2.37. The fourth-order valence-corrected chi connectivity index (χ4v) is 5.89. The van der Waals surface area contributed by atoms with Crippen molar-refractivity contribution in [1.82, 2.24) is 14.7 Å². The molecule has 0 aliphatic rings. The largest absolute Gasteiger partial charge is 0.760 e. The predicted octanol–water partition coefficient (Wildman–Crippen LogP) is 6.41. The Morgan fingerprint density at radius 2 is 1.56 bits per heavy atom. The third kappa shape index (κ3) is 12.5. The van der Waals surface area contributed by atoms with Crippen LogP contribution < -0.4 is 39.6 Å². The summed E-state index contributed by atoms with van der Waals surface area (Å²) in [5.74, 6) is 2.47. The van der Waals surface area contributed by atoms with Gasteiger partial charge in [0.2, 0.25) is 11.8 Å². The maximum atomic E-state index is 13.5. The fourth-order valence-electron chi connectivity index (χ4n) is 5.62. The zero-order valence-corrected chi connectivity index (χ0v) is 33.2. The maximum absolute atomic E-state index is 13.5. The number of nitrogens with one attached hydrogen (secondary N) is 4. The number of ether oxygens (including phenoxy) is 6. The van der Waals surface area contributed by atoms with E-state index in [1.807, 2.05) is 57.2 Å². The molecule has 16 nitrogen and oxygen atoms in total. The van der Waals surface area contributed by atoms with Crippen molar-refractivity contribution in [3.8, 4) is 28.9 Å². The summed E-state index contributed by atoms with van der Waals surface area (Å²) >= 11 is -2.49. The molecule has 1 atom stereocenters. The number of fused-ring (bicyclic) bond motifs is 1. The van der Waals surface area contributed by atoms with E-state index in [0.29, 0.717) is 82.8 Å². The summed E-state index contributed by atoms with van der Waals surface area (Å²) < 4.78 is 58.8. The van der Waals surface area contributed by atoms with Crippen LogP contribution in [-0.4, -0.2) is 83.7 Å². The van der Waals surface area contributed by atoms with Crippen LogP contribution in [0.25, 0.3) is 10.8 Å². The van der Waals surface area contributed by atoms with E-state index in [2.05, 4.69) is 30.6 Å². The molecule has 304 valence electrons. The van der Waals surface area contributed by atoms with Crippen molar-refractivity contribution in [2.45, 2.75) is 32.7 Å². The Morgan fingerprint density at radius 3 is 2.28 bits per heavy atom. The average molecular weight is 804 g/mol. The molecule has 4 aromatic carbocycles. The van der Waals surface area contributed by atoms with Gasteiger partial charge in [-0.3, -0.25) is 4.21 Å². The van der Waals surface area contributed by atoms with Crippen molar-refractivity contribution >= 4 is 51.1 Å². The number of carbonyl (C=O) groups excluding carboxylic acids is 1. The summed E-state index contributed by atoms with van der Waals surface area (Å²) in [6.45, 7) is 7.70. The van der Waals surface area contributed by atoms with Gasteiger partial charge in [-0.1, -0.05) is 51.1 Å². The minimum absolute atomic E-state index is 0.0196. The summed E-state index contributed by atoms with van der Waals surface area (Å²) in [5.41, 5.74) is 2.66. The first-order valence-electron chi connectivity index (χ1n) is 18.0. The molecule has 2 amide bonds. The Bertz CT molecular complexity index is 2150. The number of amides is 2. The van der Waals surface area contributed by atoms with E-state index < -0.39 is 17.3 Å². The number of hydrogen-bond acceptors (Lipinski definition) is 13. The molecule has 1 aromatic heterocycles. The minimum atomic E-state index is -2.49. The number of carbonyl (C=O) groups is 1. The Labute approximate surface area is 333 Å². The second kappa shape index (κ2) is 20.6. The number of anilines is 4. The van der Waals surface area contributed by atoms with Gasteiger partial charge in [0, 0.05) is 70.3 Å². The minimum Gasteiger partial charge on any atom is -0.760 e. The van der Waals surface area contributed by atoms with E-state index in [1.165, 1.54) is 7.11 Å². The summed E-state index contributed by atoms with van der Waals surface area (Å²) in [5, 5.41) is 19.2. The number of hydrogen-bond donors (Lipinski definition) is 5. The van der Waals surface area contributed by atoms with E-state index in [9.17, 15) is 13.6 Å². The molecule has 5 N–H and O–H groups in total. The van der Waals surface area contributed by atoms with E-state index >= 15 is 0 Å². The number of benzene rings is 4. The summed E-state index contributed by atoms with van der Waals surface area (Å²) in [7, 11) is 3.02. The third-order valence-electron chi connectivity index (χ3n) is 8.32. The molecule has 57 heavy (non-hydrogen) atoms. The number of methoxy groups -OCH3 is 2. The monoisotopic (exact) mass is 803 g/mol. The fraction of sp³-hybridized carbons (Fsp3) is 0.325. The predicted molar refractivity (Wildman–Crippen MR) is 217 cm³/mol. The number of aliphatic hydroxyl groups is 1. The van der Waals surface area contributed by atoms with Crippen molar-refractivity contribution in [1.29, 1.82) is 0 Å². The van der Waals surface area contributed by atoms with Crippen LogP contribution in [0.1, 0.15) is 31.9 Å². The van der Waals surface area contributed by atoms with Crippen LogP contribution in [-0.2, 0) is 32.7 Å². The van der Waals surface area contributed by atoms with Crippen LogP contribution in [0.3, 0.4) is 0 Å². The van der Waals surface area contributed by atoms with Gasteiger partial charge < -0.3 is 54.0 Å². The first kappa shape index (κ1) is 42.6. The van der Waals surface area contributed by atoms with Crippen molar-refractivity contribution < 1.29 is 47.1 Å². The van der Waals surface area contributed by atoms with Gasteiger partial charge in [-0.05, 0) is 29.2 Å². The molecule has 0 saturated carbocycles. The second-order valence-corrected chi connectivity index (χ2v) is 14.2. The Kier molecular flexibility index (Phi) is 15.4. The molecule has 0 fully saturated rings. The number of nitrogens with zero attached hydrogens (tertiary/aromatic N) is 2. The highest BCUT2D eigenvalue weighted by atomic mass is 32.2. The zero-order chi connectivity index (χ0) is 40.8. The molecule has 1 heterocycles. The molecular weight excluding hydrogens is 757 g/mol. The maximum Gasteiger partial charge on any atom is 0.323 e. The van der Waals surface area contributed by atoms with E-state index in [0.717, 1.165) is 5.56 Å². The molecule has 0 radical (unpaired) electrons. The van der Waals surface area contributed by atoms with Crippen LogP contribution in [0.2, 0.25) is 0 Å². The smallest absolute Gasteiger partial charge is 0.323 e. The molecule has 1 unspecified atom stereocenters. The van der Waals surface area contributed by atoms with Gasteiger partial charge in [0.1, 0.15) is 29.6 Å². The first-order valence-corrected chi connectivity index (χ1v) is 19.0. The molecule has 5 aromatic rings. The lowest BCUT2D eigenvalue weighted by atomic mass is 9.85. The first-order chi connectivity index (χ1) is 27.5. The number of aromatic nitrogens is 2. The van der Waals surface area contributed by atoms with Crippen molar-refractivity contribution in [2.24, 2.45) is 0 Å². The molecule has 0 bridgehead atoms. The van der Waals surface area contributed by atoms with E-state index in [4.69, 9.17) is 33.5 Å². The van der Waals surface area contributed by atoms with Crippen molar-refractivity contribution in [3.63, 3.8) is 0 Å². The van der Waals surface area contributed by atoms with Gasteiger partial charge in [0.15, 0.2) is 0 Å². The molecule has 0 spiro atoms. The molecule has 17 heteroatoms. The zero-order valence-electron chi connectivity index (χ0n) is 32.4.